The molecule has 0 radical (unpaired) electrons. The minimum Gasteiger partial charge on any atom is -0.463 e. The minimum absolute atomic E-state index is 0.0186. The molecule has 0 aliphatic rings. The third-order valence-electron chi connectivity index (χ3n) is 2.50. The Balaban J connectivity index is 2.32. The maximum Gasteiger partial charge on any atom is 0.308 e. The lowest BCUT2D eigenvalue weighted by Gasteiger charge is -2.13. The summed E-state index contributed by atoms with van der Waals surface area (Å²) in [6.07, 6.45) is 0.755. The molecule has 0 fully saturated rings. The second-order valence-corrected chi connectivity index (χ2v) is 4.46. The smallest absolute Gasteiger partial charge is 0.308 e. The number of hydrogen-bond acceptors (Lipinski definition) is 5. The first-order valence-corrected chi connectivity index (χ1v) is 6.49. The van der Waals surface area contributed by atoms with Crippen molar-refractivity contribution in [3.8, 4) is 5.75 Å². The molecule has 0 amide bonds. The number of rotatable bonds is 7. The summed E-state index contributed by atoms with van der Waals surface area (Å²) in [6, 6.07) is 7.29. The van der Waals surface area contributed by atoms with Crippen molar-refractivity contribution in [3.05, 3.63) is 29.8 Å². The molecule has 1 aromatic rings. The van der Waals surface area contributed by atoms with Crippen molar-refractivity contribution in [3.63, 3.8) is 0 Å². The molecular formula is C15H20O5. The second kappa shape index (κ2) is 8.32. The van der Waals surface area contributed by atoms with Crippen molar-refractivity contribution in [1.82, 2.24) is 0 Å². The molecule has 110 valence electrons. The molecule has 0 spiro atoms. The topological polar surface area (TPSA) is 61.8 Å². The molecule has 1 rings (SSSR count). The Hall–Kier alpha value is -1.88. The molecule has 1 atom stereocenters. The number of benzene rings is 1. The van der Waals surface area contributed by atoms with Gasteiger partial charge in [-0.05, 0) is 31.0 Å². The number of carbonyl (C=O) groups excluding carboxylic acids is 2. The predicted octanol–water partition coefficient (Wildman–Crippen LogP) is 2.12. The van der Waals surface area contributed by atoms with Crippen LogP contribution in [0.1, 0.15) is 26.3 Å². The highest BCUT2D eigenvalue weighted by atomic mass is 16.6. The molecule has 0 bridgehead atoms. The van der Waals surface area contributed by atoms with Crippen LogP contribution in [0.2, 0.25) is 0 Å². The first-order chi connectivity index (χ1) is 9.47. The molecule has 1 unspecified atom stereocenters. The van der Waals surface area contributed by atoms with E-state index in [9.17, 15) is 9.59 Å². The molecule has 20 heavy (non-hydrogen) atoms. The van der Waals surface area contributed by atoms with Crippen LogP contribution in [0.3, 0.4) is 0 Å². The molecule has 5 heteroatoms. The Morgan fingerprint density at radius 3 is 2.25 bits per heavy atom. The fourth-order valence-corrected chi connectivity index (χ4v) is 1.69. The van der Waals surface area contributed by atoms with Gasteiger partial charge in [-0.25, -0.2) is 0 Å². The van der Waals surface area contributed by atoms with Crippen molar-refractivity contribution < 1.29 is 23.8 Å². The molecule has 0 aliphatic carbocycles. The highest BCUT2D eigenvalue weighted by molar-refractivity contribution is 5.69. The summed E-state index contributed by atoms with van der Waals surface area (Å²) < 4.78 is 15.3. The predicted molar refractivity (Wildman–Crippen MR) is 73.5 cm³/mol. The van der Waals surface area contributed by atoms with Crippen molar-refractivity contribution in [2.75, 3.05) is 13.2 Å². The van der Waals surface area contributed by atoms with Gasteiger partial charge in [0.05, 0.1) is 12.7 Å². The third kappa shape index (κ3) is 6.89. The van der Waals surface area contributed by atoms with Gasteiger partial charge in [-0.1, -0.05) is 12.1 Å². The Bertz CT molecular complexity index is 438. The zero-order valence-corrected chi connectivity index (χ0v) is 12.0. The van der Waals surface area contributed by atoms with Crippen LogP contribution in [-0.2, 0) is 25.5 Å². The van der Waals surface area contributed by atoms with Crippen LogP contribution in [0.4, 0.5) is 0 Å². The minimum atomic E-state index is -0.333. The highest BCUT2D eigenvalue weighted by Gasteiger charge is 2.05. The van der Waals surface area contributed by atoms with Crippen LogP contribution in [0.25, 0.3) is 0 Å². The number of ether oxygens (including phenoxy) is 3. The number of hydrogen-bond donors (Lipinski definition) is 0. The van der Waals surface area contributed by atoms with Gasteiger partial charge in [0.15, 0.2) is 0 Å². The average Bonchev–Trinajstić information content (AvgIpc) is 2.36. The lowest BCUT2D eigenvalue weighted by atomic mass is 10.1. The van der Waals surface area contributed by atoms with Gasteiger partial charge in [-0.15, -0.1) is 0 Å². The lowest BCUT2D eigenvalue weighted by molar-refractivity contribution is -0.143. The van der Waals surface area contributed by atoms with E-state index < -0.39 is 0 Å². The normalized spacial score (nSPS) is 11.8. The standard InChI is InChI=1S/C15H20O5/c1-11(18-8-9-19-12(2)16)10-14-4-6-15(7-5-14)20-13(3)17/h4-7,11H,8-10H2,1-3H3. The van der Waals surface area contributed by atoms with E-state index in [0.717, 1.165) is 12.0 Å². The Morgan fingerprint density at radius 1 is 1.05 bits per heavy atom. The van der Waals surface area contributed by atoms with Gasteiger partial charge in [-0.2, -0.15) is 0 Å². The Kier molecular flexibility index (Phi) is 6.73. The van der Waals surface area contributed by atoms with E-state index in [4.69, 9.17) is 14.2 Å². The lowest BCUT2D eigenvalue weighted by Crippen LogP contribution is -2.16. The van der Waals surface area contributed by atoms with Gasteiger partial charge < -0.3 is 14.2 Å². The van der Waals surface area contributed by atoms with E-state index >= 15 is 0 Å². The van der Waals surface area contributed by atoms with Crippen molar-refractivity contribution in [2.24, 2.45) is 0 Å². The van der Waals surface area contributed by atoms with E-state index in [1.807, 2.05) is 19.1 Å². The zero-order valence-electron chi connectivity index (χ0n) is 12.0. The van der Waals surface area contributed by atoms with Crippen LogP contribution in [0, 0.1) is 0 Å². The van der Waals surface area contributed by atoms with Crippen LogP contribution in [0.5, 0.6) is 5.75 Å². The zero-order chi connectivity index (χ0) is 15.0. The first-order valence-electron chi connectivity index (χ1n) is 6.49. The summed E-state index contributed by atoms with van der Waals surface area (Å²) in [5.41, 5.74) is 1.08. The molecule has 0 heterocycles. The van der Waals surface area contributed by atoms with E-state index in [1.54, 1.807) is 12.1 Å². The maximum atomic E-state index is 10.8. The van der Waals surface area contributed by atoms with E-state index in [2.05, 4.69) is 0 Å². The molecule has 0 aliphatic heterocycles. The molecule has 0 N–H and O–H groups in total. The molecular weight excluding hydrogens is 260 g/mol. The summed E-state index contributed by atoms with van der Waals surface area (Å²) >= 11 is 0. The molecule has 0 aromatic heterocycles. The molecule has 1 aromatic carbocycles. The van der Waals surface area contributed by atoms with Crippen LogP contribution >= 0.6 is 0 Å². The summed E-state index contributed by atoms with van der Waals surface area (Å²) in [5, 5.41) is 0. The van der Waals surface area contributed by atoms with Crippen LogP contribution in [0.15, 0.2) is 24.3 Å². The Labute approximate surface area is 118 Å². The van der Waals surface area contributed by atoms with E-state index in [-0.39, 0.29) is 24.6 Å². The first kappa shape index (κ1) is 16.2. The Morgan fingerprint density at radius 2 is 1.70 bits per heavy atom. The summed E-state index contributed by atoms with van der Waals surface area (Å²) in [6.45, 7) is 5.34. The highest BCUT2D eigenvalue weighted by Crippen LogP contribution is 2.14. The average molecular weight is 280 g/mol. The largest absolute Gasteiger partial charge is 0.463 e. The third-order valence-corrected chi connectivity index (χ3v) is 2.50. The summed E-state index contributed by atoms with van der Waals surface area (Å²) in [5.74, 6) is -0.105. The van der Waals surface area contributed by atoms with Gasteiger partial charge in [0.25, 0.3) is 0 Å². The SMILES string of the molecule is CC(=O)OCCOC(C)Cc1ccc(OC(C)=O)cc1. The fourth-order valence-electron chi connectivity index (χ4n) is 1.69. The van der Waals surface area contributed by atoms with Crippen molar-refractivity contribution in [2.45, 2.75) is 33.3 Å². The van der Waals surface area contributed by atoms with E-state index in [0.29, 0.717) is 12.4 Å². The summed E-state index contributed by atoms with van der Waals surface area (Å²) in [4.78, 5) is 21.4. The number of esters is 2. The van der Waals surface area contributed by atoms with Crippen LogP contribution < -0.4 is 4.74 Å². The van der Waals surface area contributed by atoms with Gasteiger partial charge >= 0.3 is 11.9 Å². The van der Waals surface area contributed by atoms with E-state index in [1.165, 1.54) is 13.8 Å². The number of carbonyl (C=O) groups is 2. The van der Waals surface area contributed by atoms with Gasteiger partial charge in [0.1, 0.15) is 12.4 Å². The van der Waals surface area contributed by atoms with Gasteiger partial charge in [0, 0.05) is 13.8 Å². The molecule has 0 saturated carbocycles. The maximum absolute atomic E-state index is 10.8. The van der Waals surface area contributed by atoms with Crippen molar-refractivity contribution >= 4 is 11.9 Å². The molecule has 0 saturated heterocycles. The van der Waals surface area contributed by atoms with Crippen LogP contribution in [-0.4, -0.2) is 31.3 Å². The molecule has 5 nitrogen and oxygen atoms in total. The van der Waals surface area contributed by atoms with Gasteiger partial charge in [-0.3, -0.25) is 9.59 Å². The fraction of sp³-hybridized carbons (Fsp3) is 0.467. The second-order valence-electron chi connectivity index (χ2n) is 4.46. The summed E-state index contributed by atoms with van der Waals surface area (Å²) in [7, 11) is 0. The van der Waals surface area contributed by atoms with Gasteiger partial charge in [0.2, 0.25) is 0 Å². The monoisotopic (exact) mass is 280 g/mol. The van der Waals surface area contributed by atoms with Crippen molar-refractivity contribution in [1.29, 1.82) is 0 Å². The quantitative estimate of drug-likeness (QED) is 0.435.